The van der Waals surface area contributed by atoms with E-state index < -0.39 is 5.97 Å². The highest BCUT2D eigenvalue weighted by Crippen LogP contribution is 2.17. The first-order valence-corrected chi connectivity index (χ1v) is 7.69. The van der Waals surface area contributed by atoms with Crippen LogP contribution in [0.2, 0.25) is 0 Å². The second kappa shape index (κ2) is 8.36. The first-order chi connectivity index (χ1) is 9.56. The van der Waals surface area contributed by atoms with Gasteiger partial charge in [-0.1, -0.05) is 0 Å². The normalized spacial score (nSPS) is 18.8. The molecule has 2 heterocycles. The summed E-state index contributed by atoms with van der Waals surface area (Å²) in [4.78, 5) is 26.0. The maximum atomic E-state index is 11.9. The molecule has 1 atom stereocenters. The lowest BCUT2D eigenvalue weighted by Gasteiger charge is -2.29. The van der Waals surface area contributed by atoms with Crippen LogP contribution < -0.4 is 5.32 Å². The standard InChI is InChI=1S/C14H20N2O3S.ClH/c1-10-4-6-20-12(10)7-15-13(17)9-16-5-2-3-11(8-16)14(18)19;/h4,6,11H,2-3,5,7-9H2,1H3,(H,15,17)(H,18,19);1H. The number of carbonyl (C=O) groups is 2. The minimum absolute atomic E-state index is 0. The zero-order valence-electron chi connectivity index (χ0n) is 12.0. The minimum atomic E-state index is -0.760. The molecule has 1 aliphatic rings. The Morgan fingerprint density at radius 2 is 2.29 bits per heavy atom. The van der Waals surface area contributed by atoms with Crippen LogP contribution in [0.1, 0.15) is 23.3 Å². The lowest BCUT2D eigenvalue weighted by molar-refractivity contribution is -0.144. The fraction of sp³-hybridized carbons (Fsp3) is 0.571. The molecule has 7 heteroatoms. The number of thiophene rings is 1. The topological polar surface area (TPSA) is 69.6 Å². The first-order valence-electron chi connectivity index (χ1n) is 6.81. The smallest absolute Gasteiger partial charge is 0.307 e. The number of likely N-dealkylation sites (tertiary alicyclic amines) is 1. The largest absolute Gasteiger partial charge is 0.481 e. The Kier molecular flexibility index (Phi) is 7.14. The molecular formula is C14H21ClN2O3S. The zero-order valence-corrected chi connectivity index (χ0v) is 13.6. The van der Waals surface area contributed by atoms with Gasteiger partial charge >= 0.3 is 5.97 Å². The van der Waals surface area contributed by atoms with E-state index in [9.17, 15) is 9.59 Å². The zero-order chi connectivity index (χ0) is 14.5. The number of nitrogens with one attached hydrogen (secondary N) is 1. The maximum absolute atomic E-state index is 11.9. The van der Waals surface area contributed by atoms with E-state index >= 15 is 0 Å². The van der Waals surface area contributed by atoms with Crippen molar-refractivity contribution in [2.75, 3.05) is 19.6 Å². The van der Waals surface area contributed by atoms with E-state index in [0.717, 1.165) is 13.0 Å². The summed E-state index contributed by atoms with van der Waals surface area (Å²) in [6, 6.07) is 2.04. The van der Waals surface area contributed by atoms with Crippen molar-refractivity contribution in [3.05, 3.63) is 21.9 Å². The fourth-order valence-corrected chi connectivity index (χ4v) is 3.27. The SMILES string of the molecule is Cc1ccsc1CNC(=O)CN1CCCC(C(=O)O)C1.Cl. The Morgan fingerprint density at radius 3 is 2.90 bits per heavy atom. The predicted octanol–water partition coefficient (Wildman–Crippen LogP) is 1.89. The summed E-state index contributed by atoms with van der Waals surface area (Å²) in [7, 11) is 0. The molecule has 0 saturated carbocycles. The third-order valence-corrected chi connectivity index (χ3v) is 4.66. The van der Waals surface area contributed by atoms with Crippen LogP contribution in [-0.4, -0.2) is 41.5 Å². The molecule has 0 spiro atoms. The van der Waals surface area contributed by atoms with E-state index in [1.54, 1.807) is 11.3 Å². The number of hydrogen-bond donors (Lipinski definition) is 2. The van der Waals surface area contributed by atoms with Crippen LogP contribution in [-0.2, 0) is 16.1 Å². The third-order valence-electron chi connectivity index (χ3n) is 3.64. The number of carboxylic acid groups (broad SMARTS) is 1. The molecule has 0 bridgehead atoms. The summed E-state index contributed by atoms with van der Waals surface area (Å²) in [5.41, 5.74) is 1.19. The van der Waals surface area contributed by atoms with Crippen LogP contribution in [0.15, 0.2) is 11.4 Å². The molecule has 21 heavy (non-hydrogen) atoms. The van der Waals surface area contributed by atoms with Gasteiger partial charge in [0.05, 0.1) is 19.0 Å². The summed E-state index contributed by atoms with van der Waals surface area (Å²) < 4.78 is 0. The van der Waals surface area contributed by atoms with E-state index in [1.807, 2.05) is 23.3 Å². The number of piperidine rings is 1. The summed E-state index contributed by atoms with van der Waals surface area (Å²) >= 11 is 1.64. The summed E-state index contributed by atoms with van der Waals surface area (Å²) in [6.45, 7) is 4.14. The maximum Gasteiger partial charge on any atom is 0.307 e. The number of amides is 1. The number of hydrogen-bond acceptors (Lipinski definition) is 4. The van der Waals surface area contributed by atoms with E-state index in [0.29, 0.717) is 19.5 Å². The number of carboxylic acids is 1. The summed E-state index contributed by atoms with van der Waals surface area (Å²) in [5, 5.41) is 13.9. The van der Waals surface area contributed by atoms with Crippen LogP contribution in [0.5, 0.6) is 0 Å². The van der Waals surface area contributed by atoms with Crippen molar-refractivity contribution in [3.8, 4) is 0 Å². The highest BCUT2D eigenvalue weighted by Gasteiger charge is 2.26. The Labute approximate surface area is 134 Å². The van der Waals surface area contributed by atoms with Crippen molar-refractivity contribution < 1.29 is 14.7 Å². The van der Waals surface area contributed by atoms with Crippen molar-refractivity contribution in [2.24, 2.45) is 5.92 Å². The van der Waals surface area contributed by atoms with Crippen molar-refractivity contribution in [2.45, 2.75) is 26.3 Å². The van der Waals surface area contributed by atoms with E-state index in [-0.39, 0.29) is 30.8 Å². The molecule has 1 amide bonds. The van der Waals surface area contributed by atoms with Crippen LogP contribution in [0.4, 0.5) is 0 Å². The van der Waals surface area contributed by atoms with Crippen LogP contribution >= 0.6 is 23.7 Å². The van der Waals surface area contributed by atoms with Gasteiger partial charge in [0.25, 0.3) is 0 Å². The molecule has 0 aliphatic carbocycles. The van der Waals surface area contributed by atoms with Gasteiger partial charge in [-0.15, -0.1) is 23.7 Å². The second-order valence-corrected chi connectivity index (χ2v) is 6.22. The number of nitrogens with zero attached hydrogens (tertiary/aromatic N) is 1. The Bertz CT molecular complexity index is 492. The molecule has 1 aliphatic heterocycles. The van der Waals surface area contributed by atoms with E-state index in [4.69, 9.17) is 5.11 Å². The Hall–Kier alpha value is -1.11. The van der Waals surface area contributed by atoms with Crippen molar-refractivity contribution in [3.63, 3.8) is 0 Å². The second-order valence-electron chi connectivity index (χ2n) is 5.22. The minimum Gasteiger partial charge on any atom is -0.481 e. The van der Waals surface area contributed by atoms with Gasteiger partial charge in [-0.2, -0.15) is 0 Å². The highest BCUT2D eigenvalue weighted by molar-refractivity contribution is 7.10. The van der Waals surface area contributed by atoms with Gasteiger partial charge in [-0.25, -0.2) is 0 Å². The van der Waals surface area contributed by atoms with Crippen LogP contribution in [0, 0.1) is 12.8 Å². The molecule has 1 fully saturated rings. The van der Waals surface area contributed by atoms with Gasteiger partial charge in [0.1, 0.15) is 0 Å². The van der Waals surface area contributed by atoms with E-state index in [2.05, 4.69) is 5.32 Å². The first kappa shape index (κ1) is 17.9. The van der Waals surface area contributed by atoms with Crippen molar-refractivity contribution in [1.29, 1.82) is 0 Å². The molecule has 2 N–H and O–H groups in total. The van der Waals surface area contributed by atoms with Gasteiger partial charge in [0.15, 0.2) is 0 Å². The van der Waals surface area contributed by atoms with Crippen LogP contribution in [0.3, 0.4) is 0 Å². The number of rotatable bonds is 5. The number of halogens is 1. The lowest BCUT2D eigenvalue weighted by Crippen LogP contribution is -2.44. The molecular weight excluding hydrogens is 312 g/mol. The molecule has 118 valence electrons. The Balaban J connectivity index is 0.00000220. The number of carbonyl (C=O) groups excluding carboxylic acids is 1. The lowest BCUT2D eigenvalue weighted by atomic mass is 9.98. The molecule has 0 radical (unpaired) electrons. The molecule has 1 aromatic heterocycles. The Morgan fingerprint density at radius 1 is 1.52 bits per heavy atom. The monoisotopic (exact) mass is 332 g/mol. The van der Waals surface area contributed by atoms with Gasteiger partial charge in [0, 0.05) is 11.4 Å². The fourth-order valence-electron chi connectivity index (χ4n) is 2.42. The average Bonchev–Trinajstić information content (AvgIpc) is 2.82. The van der Waals surface area contributed by atoms with Crippen LogP contribution in [0.25, 0.3) is 0 Å². The summed E-state index contributed by atoms with van der Waals surface area (Å²) in [6.07, 6.45) is 1.55. The van der Waals surface area contributed by atoms with Gasteiger partial charge < -0.3 is 10.4 Å². The highest BCUT2D eigenvalue weighted by atomic mass is 35.5. The van der Waals surface area contributed by atoms with Gasteiger partial charge in [-0.3, -0.25) is 14.5 Å². The third kappa shape index (κ3) is 5.30. The quantitative estimate of drug-likeness (QED) is 0.864. The predicted molar refractivity (Wildman–Crippen MR) is 85.0 cm³/mol. The van der Waals surface area contributed by atoms with Gasteiger partial charge in [-0.05, 0) is 43.3 Å². The molecule has 2 rings (SSSR count). The number of aryl methyl sites for hydroxylation is 1. The molecule has 1 unspecified atom stereocenters. The summed E-state index contributed by atoms with van der Waals surface area (Å²) in [5.74, 6) is -1.13. The van der Waals surface area contributed by atoms with Crippen molar-refractivity contribution >= 4 is 35.6 Å². The average molecular weight is 333 g/mol. The molecule has 1 saturated heterocycles. The molecule has 0 aromatic carbocycles. The molecule has 5 nitrogen and oxygen atoms in total. The van der Waals surface area contributed by atoms with E-state index in [1.165, 1.54) is 10.4 Å². The van der Waals surface area contributed by atoms with Gasteiger partial charge in [0.2, 0.25) is 5.91 Å². The number of aliphatic carboxylic acids is 1. The molecule has 1 aromatic rings. The van der Waals surface area contributed by atoms with Crippen molar-refractivity contribution in [1.82, 2.24) is 10.2 Å².